The van der Waals surface area contributed by atoms with Gasteiger partial charge in [-0.15, -0.1) is 0 Å². The number of carbonyl (C=O) groups is 4. The maximum Gasteiger partial charge on any atom is 0.407 e. The lowest BCUT2D eigenvalue weighted by molar-refractivity contribution is -0.140. The van der Waals surface area contributed by atoms with Crippen LogP contribution in [0.25, 0.3) is 0 Å². The molecule has 1 aliphatic heterocycles. The molecule has 0 aromatic rings. The molecule has 1 heterocycles. The highest BCUT2D eigenvalue weighted by Gasteiger charge is 2.32. The maximum absolute atomic E-state index is 12.6. The molecule has 1 aliphatic rings. The zero-order chi connectivity index (χ0) is 21.6. The molecule has 0 spiro atoms. The predicted molar refractivity (Wildman–Crippen MR) is 101 cm³/mol. The second-order valence-corrected chi connectivity index (χ2v) is 6.69. The molecule has 29 heavy (non-hydrogen) atoms. The lowest BCUT2D eigenvalue weighted by Crippen LogP contribution is -2.55. The third kappa shape index (κ3) is 9.68. The van der Waals surface area contributed by atoms with Crippen molar-refractivity contribution < 1.29 is 38.1 Å². The fourth-order valence-corrected chi connectivity index (χ4v) is 2.46. The minimum atomic E-state index is -1.03. The summed E-state index contributed by atoms with van der Waals surface area (Å²) in [5.41, 5.74) is 0. The van der Waals surface area contributed by atoms with Gasteiger partial charge in [-0.25, -0.2) is 4.79 Å². The van der Waals surface area contributed by atoms with E-state index in [1.54, 1.807) is 21.0 Å². The number of Topliss-reactive ketones (excluding diaryl/α,β-unsaturated/α-hetero) is 1. The smallest absolute Gasteiger partial charge is 0.407 e. The van der Waals surface area contributed by atoms with E-state index in [1.807, 2.05) is 0 Å². The number of rotatable bonds is 10. The standard InChI is InChI=1S/C18H31N3O8/c1-12(2)14(21-18(25)29-11-10-28-9-8-26-3)16(23)20-13-4-6-27-7-5-19-17(24)15(13)22/h12-14H,4-11H2,1-3H3,(H,19,24)(H,20,23)(H,21,25). The van der Waals surface area contributed by atoms with E-state index in [-0.39, 0.29) is 45.3 Å². The van der Waals surface area contributed by atoms with Crippen molar-refractivity contribution in [1.29, 1.82) is 0 Å². The second kappa shape index (κ2) is 13.9. The van der Waals surface area contributed by atoms with Gasteiger partial charge in [0.25, 0.3) is 5.91 Å². The first-order valence-corrected chi connectivity index (χ1v) is 9.57. The van der Waals surface area contributed by atoms with Gasteiger partial charge in [-0.3, -0.25) is 14.4 Å². The van der Waals surface area contributed by atoms with Crippen LogP contribution >= 0.6 is 0 Å². The van der Waals surface area contributed by atoms with Crippen LogP contribution in [0.4, 0.5) is 4.79 Å². The van der Waals surface area contributed by atoms with Crippen molar-refractivity contribution in [3.8, 4) is 0 Å². The Bertz CT molecular complexity index is 555. The molecular weight excluding hydrogens is 386 g/mol. The number of ketones is 1. The molecule has 3 N–H and O–H groups in total. The van der Waals surface area contributed by atoms with Crippen LogP contribution < -0.4 is 16.0 Å². The molecule has 166 valence electrons. The number of methoxy groups -OCH3 is 1. The van der Waals surface area contributed by atoms with Crippen LogP contribution in [0.2, 0.25) is 0 Å². The molecule has 0 bridgehead atoms. The largest absolute Gasteiger partial charge is 0.447 e. The minimum absolute atomic E-state index is 0.0145. The third-order valence-electron chi connectivity index (χ3n) is 4.05. The number of hydrogen-bond acceptors (Lipinski definition) is 8. The number of hydrogen-bond donors (Lipinski definition) is 3. The van der Waals surface area contributed by atoms with Crippen molar-refractivity contribution in [2.75, 3.05) is 53.3 Å². The molecule has 3 amide bonds. The quantitative estimate of drug-likeness (QED) is 0.303. The van der Waals surface area contributed by atoms with Crippen LogP contribution in [0.15, 0.2) is 0 Å². The van der Waals surface area contributed by atoms with Crippen molar-refractivity contribution in [3.05, 3.63) is 0 Å². The van der Waals surface area contributed by atoms with Crippen LogP contribution in [-0.4, -0.2) is 89.1 Å². The summed E-state index contributed by atoms with van der Waals surface area (Å²) in [5, 5.41) is 7.44. The maximum atomic E-state index is 12.6. The fraction of sp³-hybridized carbons (Fsp3) is 0.778. The molecule has 1 rings (SSSR count). The van der Waals surface area contributed by atoms with Gasteiger partial charge >= 0.3 is 6.09 Å². The summed E-state index contributed by atoms with van der Waals surface area (Å²) in [6, 6.07) is -1.98. The lowest BCUT2D eigenvalue weighted by Gasteiger charge is -2.24. The first-order valence-electron chi connectivity index (χ1n) is 9.57. The van der Waals surface area contributed by atoms with Gasteiger partial charge in [0.1, 0.15) is 12.6 Å². The molecule has 1 saturated heterocycles. The van der Waals surface area contributed by atoms with Gasteiger partial charge in [-0.2, -0.15) is 0 Å². The van der Waals surface area contributed by atoms with Crippen molar-refractivity contribution in [2.45, 2.75) is 32.4 Å². The Morgan fingerprint density at radius 2 is 1.90 bits per heavy atom. The molecule has 0 aliphatic carbocycles. The van der Waals surface area contributed by atoms with E-state index in [2.05, 4.69) is 16.0 Å². The average Bonchev–Trinajstić information content (AvgIpc) is 2.75. The number of nitrogens with one attached hydrogen (secondary N) is 3. The number of carbonyl (C=O) groups excluding carboxylic acids is 4. The molecule has 1 fully saturated rings. The third-order valence-corrected chi connectivity index (χ3v) is 4.05. The molecule has 0 saturated carbocycles. The minimum Gasteiger partial charge on any atom is -0.447 e. The first-order chi connectivity index (χ1) is 13.9. The van der Waals surface area contributed by atoms with Crippen molar-refractivity contribution >= 4 is 23.7 Å². The van der Waals surface area contributed by atoms with E-state index < -0.39 is 35.8 Å². The Labute approximate surface area is 170 Å². The van der Waals surface area contributed by atoms with Gasteiger partial charge in [0.2, 0.25) is 11.7 Å². The van der Waals surface area contributed by atoms with Crippen LogP contribution in [0.1, 0.15) is 20.3 Å². The fourth-order valence-electron chi connectivity index (χ4n) is 2.46. The van der Waals surface area contributed by atoms with E-state index >= 15 is 0 Å². The lowest BCUT2D eigenvalue weighted by atomic mass is 10.0. The van der Waals surface area contributed by atoms with Gasteiger partial charge in [-0.1, -0.05) is 13.8 Å². The highest BCUT2D eigenvalue weighted by molar-refractivity contribution is 6.38. The number of ether oxygens (including phenoxy) is 4. The molecule has 11 nitrogen and oxygen atoms in total. The van der Waals surface area contributed by atoms with Crippen molar-refractivity contribution in [1.82, 2.24) is 16.0 Å². The van der Waals surface area contributed by atoms with E-state index in [4.69, 9.17) is 18.9 Å². The summed E-state index contributed by atoms with van der Waals surface area (Å²) in [7, 11) is 1.55. The van der Waals surface area contributed by atoms with E-state index in [1.165, 1.54) is 0 Å². The summed E-state index contributed by atoms with van der Waals surface area (Å²) in [4.78, 5) is 48.7. The Hall–Kier alpha value is -2.24. The molecule has 2 unspecified atom stereocenters. The van der Waals surface area contributed by atoms with E-state index in [0.29, 0.717) is 13.2 Å². The van der Waals surface area contributed by atoms with Crippen LogP contribution in [0.5, 0.6) is 0 Å². The summed E-state index contributed by atoms with van der Waals surface area (Å²) in [6.45, 7) is 5.23. The van der Waals surface area contributed by atoms with Gasteiger partial charge in [0.05, 0.1) is 32.5 Å². The predicted octanol–water partition coefficient (Wildman–Crippen LogP) is -1.01. The monoisotopic (exact) mass is 417 g/mol. The highest BCUT2D eigenvalue weighted by atomic mass is 16.6. The topological polar surface area (TPSA) is 141 Å². The highest BCUT2D eigenvalue weighted by Crippen LogP contribution is 2.05. The summed E-state index contributed by atoms with van der Waals surface area (Å²) in [5.74, 6) is -2.39. The molecule has 2 atom stereocenters. The van der Waals surface area contributed by atoms with Crippen LogP contribution in [0, 0.1) is 5.92 Å². The first kappa shape index (κ1) is 24.8. The molecular formula is C18H31N3O8. The van der Waals surface area contributed by atoms with Crippen molar-refractivity contribution in [2.24, 2.45) is 5.92 Å². The Balaban J connectivity index is 2.56. The Morgan fingerprint density at radius 3 is 2.59 bits per heavy atom. The van der Waals surface area contributed by atoms with Gasteiger partial charge in [0.15, 0.2) is 0 Å². The zero-order valence-electron chi connectivity index (χ0n) is 17.2. The van der Waals surface area contributed by atoms with Gasteiger partial charge < -0.3 is 34.9 Å². The Kier molecular flexibility index (Phi) is 11.8. The van der Waals surface area contributed by atoms with E-state index in [0.717, 1.165) is 0 Å². The number of amides is 3. The average molecular weight is 417 g/mol. The normalized spacial score (nSPS) is 18.8. The molecule has 0 radical (unpaired) electrons. The molecule has 0 aromatic heterocycles. The summed E-state index contributed by atoms with van der Waals surface area (Å²) in [6.07, 6.45) is -0.623. The SMILES string of the molecule is COCCOCCOC(=O)NC(C(=O)NC1CCOCCNC(=O)C1=O)C(C)C. The second-order valence-electron chi connectivity index (χ2n) is 6.69. The summed E-state index contributed by atoms with van der Waals surface area (Å²) < 4.78 is 20.3. The zero-order valence-corrected chi connectivity index (χ0v) is 17.2. The van der Waals surface area contributed by atoms with Crippen LogP contribution in [0.3, 0.4) is 0 Å². The Morgan fingerprint density at radius 1 is 1.17 bits per heavy atom. The van der Waals surface area contributed by atoms with Gasteiger partial charge in [0, 0.05) is 20.3 Å². The van der Waals surface area contributed by atoms with E-state index in [9.17, 15) is 19.2 Å². The number of alkyl carbamates (subject to hydrolysis) is 1. The van der Waals surface area contributed by atoms with Crippen LogP contribution in [-0.2, 0) is 33.3 Å². The van der Waals surface area contributed by atoms with Crippen molar-refractivity contribution in [3.63, 3.8) is 0 Å². The van der Waals surface area contributed by atoms with Gasteiger partial charge in [-0.05, 0) is 12.3 Å². The summed E-state index contributed by atoms with van der Waals surface area (Å²) >= 11 is 0. The molecule has 0 aromatic carbocycles. The molecule has 11 heteroatoms.